The van der Waals surface area contributed by atoms with Crippen LogP contribution in [0.25, 0.3) is 0 Å². The minimum Gasteiger partial charge on any atom is -0.466 e. The highest BCUT2D eigenvalue weighted by atomic mass is 31.2. The summed E-state index contributed by atoms with van der Waals surface area (Å²) < 4.78 is 28.4. The second kappa shape index (κ2) is 8.81. The van der Waals surface area contributed by atoms with E-state index in [1.165, 1.54) is 16.8 Å². The Bertz CT molecular complexity index is 762. The van der Waals surface area contributed by atoms with Crippen molar-refractivity contribution in [1.29, 1.82) is 0 Å². The van der Waals surface area contributed by atoms with E-state index in [2.05, 4.69) is 4.98 Å². The zero-order valence-corrected chi connectivity index (χ0v) is 16.6. The molecule has 5 atom stereocenters. The summed E-state index contributed by atoms with van der Waals surface area (Å²) in [5.74, 6) is -0.563. The molecule has 0 radical (unpaired) electrons. The Kier molecular flexibility index (Phi) is 6.64. The fraction of sp³-hybridized carbons (Fsp3) is 0.688. The highest BCUT2D eigenvalue weighted by Crippen LogP contribution is 2.63. The summed E-state index contributed by atoms with van der Waals surface area (Å²) >= 11 is 0. The fourth-order valence-corrected chi connectivity index (χ4v) is 4.39. The molecule has 11 nitrogen and oxygen atoms in total. The number of aromatic nitrogens is 2. The second-order valence-corrected chi connectivity index (χ2v) is 8.25. The summed E-state index contributed by atoms with van der Waals surface area (Å²) in [7, 11) is -3.53. The van der Waals surface area contributed by atoms with Crippen molar-refractivity contribution in [1.82, 2.24) is 9.55 Å². The van der Waals surface area contributed by atoms with Crippen LogP contribution in [0.1, 0.15) is 32.9 Å². The molecule has 12 heteroatoms. The molecule has 2 saturated heterocycles. The van der Waals surface area contributed by atoms with Gasteiger partial charge in [-0.15, -0.1) is 4.52 Å². The third-order valence-electron chi connectivity index (χ3n) is 4.51. The van der Waals surface area contributed by atoms with Crippen LogP contribution < -0.4 is 11.4 Å². The number of carbonyl (C=O) groups is 1. The number of nitrogens with two attached hydrogens (primary N) is 1. The zero-order valence-electron chi connectivity index (χ0n) is 15.7. The molecule has 0 aromatic carbocycles. The van der Waals surface area contributed by atoms with Crippen LogP contribution in [0.5, 0.6) is 0 Å². The number of nitrogens with zero attached hydrogens (tertiary/aromatic N) is 2. The number of anilines is 1. The fourth-order valence-electron chi connectivity index (χ4n) is 2.96. The van der Waals surface area contributed by atoms with Crippen molar-refractivity contribution in [3.63, 3.8) is 0 Å². The second-order valence-electron chi connectivity index (χ2n) is 6.59. The van der Waals surface area contributed by atoms with Crippen molar-refractivity contribution >= 4 is 20.0 Å². The van der Waals surface area contributed by atoms with E-state index < -0.39 is 32.3 Å². The molecule has 0 saturated carbocycles. The molecular formula is C16H25N3O8P+. The monoisotopic (exact) mass is 418 g/mol. The number of fused-ring (bicyclic) bond motifs is 1. The van der Waals surface area contributed by atoms with Gasteiger partial charge >= 0.3 is 19.8 Å². The Hall–Kier alpha value is -1.62. The van der Waals surface area contributed by atoms with E-state index in [0.29, 0.717) is 19.4 Å². The van der Waals surface area contributed by atoms with Crippen molar-refractivity contribution in [3.8, 4) is 0 Å². The Morgan fingerprint density at radius 1 is 1.54 bits per heavy atom. The summed E-state index contributed by atoms with van der Waals surface area (Å²) in [6.45, 7) is 3.91. The molecule has 2 fully saturated rings. The highest BCUT2D eigenvalue weighted by Gasteiger charge is 2.57. The molecular weight excluding hydrogens is 393 g/mol. The molecule has 2 unspecified atom stereocenters. The molecule has 0 aliphatic carbocycles. The summed E-state index contributed by atoms with van der Waals surface area (Å²) in [4.78, 5) is 37.8. The molecule has 3 heterocycles. The van der Waals surface area contributed by atoms with Crippen molar-refractivity contribution in [2.24, 2.45) is 5.92 Å². The minimum absolute atomic E-state index is 0.0655. The summed E-state index contributed by atoms with van der Waals surface area (Å²) in [5, 5.41) is 0. The van der Waals surface area contributed by atoms with Gasteiger partial charge in [0, 0.05) is 12.6 Å². The minimum atomic E-state index is -3.53. The van der Waals surface area contributed by atoms with Crippen molar-refractivity contribution in [2.45, 2.75) is 45.1 Å². The van der Waals surface area contributed by atoms with Crippen LogP contribution in [-0.4, -0.2) is 52.4 Å². The van der Waals surface area contributed by atoms with Gasteiger partial charge in [0.15, 0.2) is 0 Å². The van der Waals surface area contributed by atoms with Crippen LogP contribution in [-0.2, 0) is 27.8 Å². The predicted octanol–water partition coefficient (Wildman–Crippen LogP) is 0.804. The molecule has 0 bridgehead atoms. The van der Waals surface area contributed by atoms with E-state index in [1.807, 2.05) is 0 Å². The lowest BCUT2D eigenvalue weighted by molar-refractivity contribution is -0.148. The average Bonchev–Trinajstić information content (AvgIpc) is 3.04. The van der Waals surface area contributed by atoms with Crippen LogP contribution >= 0.6 is 8.17 Å². The number of ether oxygens (including phenoxy) is 2. The van der Waals surface area contributed by atoms with E-state index in [0.717, 1.165) is 0 Å². The molecule has 2 aliphatic heterocycles. The number of esters is 1. The van der Waals surface area contributed by atoms with Gasteiger partial charge in [-0.05, 0) is 19.4 Å². The normalized spacial score (nSPS) is 30.6. The molecule has 1 aromatic rings. The lowest BCUT2D eigenvalue weighted by atomic mass is 10.1. The van der Waals surface area contributed by atoms with Gasteiger partial charge in [-0.25, -0.2) is 4.79 Å². The standard InChI is InChI=1S/C16H24N3O8P/c1-3-23-15(20)10(2)5-7-24-28(22)25-9-12-11(27-28)8-14(26-12)19-6-4-13(17)18-16(19)21/h4,6,10-12,14,22H,3,5,7-9H2,1-2H3,(H-,17,18,21)/p+1/t10?,11-,12+,14+,28?/m1/s1. The van der Waals surface area contributed by atoms with E-state index in [-0.39, 0.29) is 30.9 Å². The lowest BCUT2D eigenvalue weighted by Crippen LogP contribution is -2.35. The smallest absolute Gasteiger partial charge is 0.466 e. The largest absolute Gasteiger partial charge is 0.573 e. The lowest BCUT2D eigenvalue weighted by Gasteiger charge is -2.26. The zero-order chi connectivity index (χ0) is 20.3. The SMILES string of the molecule is CCOC(=O)C(C)CCO[P+]1(O)OC[C@@H]2O[C@H](n3ccc(N)nc3=O)C[C@H]2O1. The van der Waals surface area contributed by atoms with Crippen molar-refractivity contribution < 1.29 is 32.7 Å². The molecule has 1 aromatic heterocycles. The molecule has 28 heavy (non-hydrogen) atoms. The third-order valence-corrected chi connectivity index (χ3v) is 6.03. The van der Waals surface area contributed by atoms with Crippen molar-refractivity contribution in [2.75, 3.05) is 25.6 Å². The molecule has 2 aliphatic rings. The topological polar surface area (TPSA) is 144 Å². The van der Waals surface area contributed by atoms with Gasteiger partial charge < -0.3 is 15.2 Å². The van der Waals surface area contributed by atoms with Gasteiger partial charge in [0.2, 0.25) is 0 Å². The van der Waals surface area contributed by atoms with Gasteiger partial charge in [0.1, 0.15) is 37.5 Å². The van der Waals surface area contributed by atoms with Crippen LogP contribution in [0.2, 0.25) is 0 Å². The van der Waals surface area contributed by atoms with E-state index >= 15 is 0 Å². The first-order chi connectivity index (χ1) is 13.3. The number of carbonyl (C=O) groups excluding carboxylic acids is 1. The van der Waals surface area contributed by atoms with E-state index in [1.54, 1.807) is 13.8 Å². The summed E-state index contributed by atoms with van der Waals surface area (Å²) in [5.41, 5.74) is 4.97. The van der Waals surface area contributed by atoms with Crippen LogP contribution in [0.15, 0.2) is 17.1 Å². The van der Waals surface area contributed by atoms with E-state index in [9.17, 15) is 14.5 Å². The van der Waals surface area contributed by atoms with E-state index in [4.69, 9.17) is 28.8 Å². The molecule has 0 spiro atoms. The highest BCUT2D eigenvalue weighted by molar-refractivity contribution is 7.55. The average molecular weight is 418 g/mol. The molecule has 156 valence electrons. The molecule has 3 N–H and O–H groups in total. The van der Waals surface area contributed by atoms with Gasteiger partial charge in [0.05, 0.1) is 12.5 Å². The summed E-state index contributed by atoms with van der Waals surface area (Å²) in [6.07, 6.45) is 0.635. The third kappa shape index (κ3) is 4.86. The first-order valence-electron chi connectivity index (χ1n) is 9.07. The van der Waals surface area contributed by atoms with Gasteiger partial charge in [-0.1, -0.05) is 6.92 Å². The number of rotatable bonds is 7. The Morgan fingerprint density at radius 3 is 3.04 bits per heavy atom. The maximum absolute atomic E-state index is 12.0. The van der Waals surface area contributed by atoms with Gasteiger partial charge in [-0.2, -0.15) is 18.9 Å². The van der Waals surface area contributed by atoms with Crippen molar-refractivity contribution in [3.05, 3.63) is 22.7 Å². The quantitative estimate of drug-likeness (QED) is 0.482. The molecule has 3 rings (SSSR count). The number of hydrogen-bond acceptors (Lipinski definition) is 10. The van der Waals surface area contributed by atoms with Crippen LogP contribution in [0.4, 0.5) is 5.82 Å². The maximum atomic E-state index is 12.0. The number of hydrogen-bond donors (Lipinski definition) is 2. The molecule has 0 amide bonds. The Morgan fingerprint density at radius 2 is 2.32 bits per heavy atom. The summed E-state index contributed by atoms with van der Waals surface area (Å²) in [6, 6.07) is 1.50. The van der Waals surface area contributed by atoms with Crippen LogP contribution in [0.3, 0.4) is 0 Å². The first-order valence-corrected chi connectivity index (χ1v) is 10.6. The van der Waals surface area contributed by atoms with Gasteiger partial charge in [-0.3, -0.25) is 9.36 Å². The van der Waals surface area contributed by atoms with Gasteiger partial charge in [0.25, 0.3) is 0 Å². The van der Waals surface area contributed by atoms with Crippen LogP contribution in [0, 0.1) is 5.92 Å². The number of nitrogen functional groups attached to an aromatic ring is 1. The Balaban J connectivity index is 1.53. The maximum Gasteiger partial charge on any atom is 0.573 e. The predicted molar refractivity (Wildman–Crippen MR) is 97.8 cm³/mol. The Labute approximate surface area is 162 Å². The first kappa shape index (κ1) is 21.1.